The van der Waals surface area contributed by atoms with E-state index in [0.717, 1.165) is 11.1 Å². The first-order valence-electron chi connectivity index (χ1n) is 8.36. The van der Waals surface area contributed by atoms with Gasteiger partial charge in [0.05, 0.1) is 0 Å². The van der Waals surface area contributed by atoms with Gasteiger partial charge in [-0.1, -0.05) is 37.4 Å². The highest BCUT2D eigenvalue weighted by Crippen LogP contribution is 2.22. The molecule has 0 N–H and O–H groups in total. The molecule has 5 heteroatoms. The summed E-state index contributed by atoms with van der Waals surface area (Å²) in [4.78, 5) is 22.8. The molecule has 0 atom stereocenters. The summed E-state index contributed by atoms with van der Waals surface area (Å²) < 4.78 is 16.0. The molecule has 0 aromatic heterocycles. The lowest BCUT2D eigenvalue weighted by molar-refractivity contribution is -0.141. The summed E-state index contributed by atoms with van der Waals surface area (Å²) in [6, 6.07) is 14.5. The second-order valence-electron chi connectivity index (χ2n) is 6.10. The Bertz CT molecular complexity index is 761. The Labute approximate surface area is 158 Å². The van der Waals surface area contributed by atoms with Gasteiger partial charge in [-0.3, -0.25) is 0 Å². The van der Waals surface area contributed by atoms with Crippen molar-refractivity contribution >= 4 is 11.9 Å². The predicted molar refractivity (Wildman–Crippen MR) is 102 cm³/mol. The standard InChI is InChI=1S/C22H22O5/c1-15(2)21(23)25-13-17-5-9-19(10-6-17)27-20-11-7-18(8-12-20)14-26-22(24)16(3)4/h5-12H,1,3,13-14H2,2,4H3. The van der Waals surface area contributed by atoms with E-state index in [-0.39, 0.29) is 13.2 Å². The third-order valence-electron chi connectivity index (χ3n) is 3.52. The number of hydrogen-bond acceptors (Lipinski definition) is 5. The van der Waals surface area contributed by atoms with Crippen molar-refractivity contribution in [2.24, 2.45) is 0 Å². The van der Waals surface area contributed by atoms with Gasteiger partial charge in [-0.2, -0.15) is 0 Å². The van der Waals surface area contributed by atoms with Crippen LogP contribution >= 0.6 is 0 Å². The number of ether oxygens (including phenoxy) is 3. The van der Waals surface area contributed by atoms with Crippen LogP contribution in [0.1, 0.15) is 25.0 Å². The zero-order chi connectivity index (χ0) is 19.8. The Hall–Kier alpha value is -3.34. The highest BCUT2D eigenvalue weighted by atomic mass is 16.5. The number of carbonyl (C=O) groups is 2. The van der Waals surface area contributed by atoms with Crippen LogP contribution in [0.5, 0.6) is 11.5 Å². The van der Waals surface area contributed by atoms with Crippen LogP contribution in [0.3, 0.4) is 0 Å². The fourth-order valence-corrected chi connectivity index (χ4v) is 1.99. The molecule has 27 heavy (non-hydrogen) atoms. The molecule has 140 valence electrons. The summed E-state index contributed by atoms with van der Waals surface area (Å²) in [6.07, 6.45) is 0. The molecule has 2 aromatic carbocycles. The lowest BCUT2D eigenvalue weighted by Crippen LogP contribution is -2.04. The Morgan fingerprint density at radius 3 is 1.33 bits per heavy atom. The van der Waals surface area contributed by atoms with Gasteiger partial charge in [-0.05, 0) is 49.2 Å². The van der Waals surface area contributed by atoms with Crippen molar-refractivity contribution in [1.82, 2.24) is 0 Å². The maximum Gasteiger partial charge on any atom is 0.333 e. The number of carbonyl (C=O) groups excluding carboxylic acids is 2. The Kier molecular flexibility index (Phi) is 6.94. The lowest BCUT2D eigenvalue weighted by Gasteiger charge is -2.09. The molecule has 0 bridgehead atoms. The van der Waals surface area contributed by atoms with E-state index >= 15 is 0 Å². The van der Waals surface area contributed by atoms with Gasteiger partial charge in [0.15, 0.2) is 0 Å². The highest BCUT2D eigenvalue weighted by molar-refractivity contribution is 5.87. The van der Waals surface area contributed by atoms with Gasteiger partial charge in [0.1, 0.15) is 24.7 Å². The summed E-state index contributed by atoms with van der Waals surface area (Å²) in [5.74, 6) is 0.492. The van der Waals surface area contributed by atoms with Crippen LogP contribution in [-0.2, 0) is 32.3 Å². The van der Waals surface area contributed by atoms with Crippen LogP contribution in [0.4, 0.5) is 0 Å². The third-order valence-corrected chi connectivity index (χ3v) is 3.52. The molecule has 0 aliphatic heterocycles. The number of esters is 2. The van der Waals surface area contributed by atoms with Crippen LogP contribution in [0.25, 0.3) is 0 Å². The highest BCUT2D eigenvalue weighted by Gasteiger charge is 2.05. The van der Waals surface area contributed by atoms with E-state index in [0.29, 0.717) is 22.6 Å². The zero-order valence-electron chi connectivity index (χ0n) is 15.5. The molecule has 0 unspecified atom stereocenters. The van der Waals surface area contributed by atoms with E-state index in [9.17, 15) is 9.59 Å². The fourth-order valence-electron chi connectivity index (χ4n) is 1.99. The summed E-state index contributed by atoms with van der Waals surface area (Å²) >= 11 is 0. The molecule has 5 nitrogen and oxygen atoms in total. The molecule has 0 fully saturated rings. The van der Waals surface area contributed by atoms with Crippen molar-refractivity contribution < 1.29 is 23.8 Å². The maximum absolute atomic E-state index is 11.4. The van der Waals surface area contributed by atoms with Crippen molar-refractivity contribution in [2.45, 2.75) is 27.1 Å². The average molecular weight is 366 g/mol. The average Bonchev–Trinajstić information content (AvgIpc) is 2.66. The van der Waals surface area contributed by atoms with E-state index in [1.165, 1.54) is 0 Å². The van der Waals surface area contributed by atoms with E-state index in [4.69, 9.17) is 14.2 Å². The Balaban J connectivity index is 1.87. The maximum atomic E-state index is 11.4. The molecular formula is C22H22O5. The van der Waals surface area contributed by atoms with Crippen molar-refractivity contribution in [1.29, 1.82) is 0 Å². The number of rotatable bonds is 8. The molecule has 2 aromatic rings. The molecule has 0 saturated heterocycles. The van der Waals surface area contributed by atoms with Gasteiger partial charge >= 0.3 is 11.9 Å². The molecule has 0 heterocycles. The first kappa shape index (κ1) is 20.0. The van der Waals surface area contributed by atoms with Gasteiger partial charge in [0.2, 0.25) is 0 Å². The smallest absolute Gasteiger partial charge is 0.333 e. The summed E-state index contributed by atoms with van der Waals surface area (Å²) in [5.41, 5.74) is 2.44. The minimum absolute atomic E-state index is 0.184. The number of hydrogen-bond donors (Lipinski definition) is 0. The Morgan fingerprint density at radius 2 is 1.04 bits per heavy atom. The normalized spacial score (nSPS) is 10.0. The molecule has 0 aliphatic carbocycles. The molecule has 0 radical (unpaired) electrons. The predicted octanol–water partition coefficient (Wildman–Crippen LogP) is 4.72. The number of benzene rings is 2. The van der Waals surface area contributed by atoms with E-state index < -0.39 is 11.9 Å². The molecule has 0 saturated carbocycles. The largest absolute Gasteiger partial charge is 0.457 e. The van der Waals surface area contributed by atoms with Gasteiger partial charge in [-0.25, -0.2) is 9.59 Å². The molecule has 0 amide bonds. The topological polar surface area (TPSA) is 61.8 Å². The Morgan fingerprint density at radius 1 is 0.704 bits per heavy atom. The fraction of sp³-hybridized carbons (Fsp3) is 0.182. The summed E-state index contributed by atoms with van der Waals surface area (Å²) in [5, 5.41) is 0. The van der Waals surface area contributed by atoms with Crippen LogP contribution in [0, 0.1) is 0 Å². The quantitative estimate of drug-likeness (QED) is 0.500. The van der Waals surface area contributed by atoms with Crippen LogP contribution in [0.15, 0.2) is 72.8 Å². The molecule has 0 aliphatic rings. The van der Waals surface area contributed by atoms with E-state index in [2.05, 4.69) is 13.2 Å². The van der Waals surface area contributed by atoms with Crippen molar-refractivity contribution in [3.63, 3.8) is 0 Å². The second kappa shape index (κ2) is 9.38. The minimum atomic E-state index is -0.413. The SMILES string of the molecule is C=C(C)C(=O)OCc1ccc(Oc2ccc(COC(=O)C(=C)C)cc2)cc1. The van der Waals surface area contributed by atoms with Gasteiger partial charge in [-0.15, -0.1) is 0 Å². The van der Waals surface area contributed by atoms with Gasteiger partial charge in [0, 0.05) is 11.1 Å². The first-order chi connectivity index (χ1) is 12.8. The van der Waals surface area contributed by atoms with Gasteiger partial charge in [0.25, 0.3) is 0 Å². The van der Waals surface area contributed by atoms with Crippen molar-refractivity contribution in [2.75, 3.05) is 0 Å². The lowest BCUT2D eigenvalue weighted by atomic mass is 10.2. The van der Waals surface area contributed by atoms with Crippen molar-refractivity contribution in [3.8, 4) is 11.5 Å². The van der Waals surface area contributed by atoms with Crippen LogP contribution in [-0.4, -0.2) is 11.9 Å². The summed E-state index contributed by atoms with van der Waals surface area (Å²) in [6.45, 7) is 10.7. The monoisotopic (exact) mass is 366 g/mol. The molecule has 2 rings (SSSR count). The molecular weight excluding hydrogens is 344 g/mol. The second-order valence-corrected chi connectivity index (χ2v) is 6.10. The zero-order valence-corrected chi connectivity index (χ0v) is 15.5. The van der Waals surface area contributed by atoms with Crippen LogP contribution in [0.2, 0.25) is 0 Å². The van der Waals surface area contributed by atoms with Crippen LogP contribution < -0.4 is 4.74 Å². The van der Waals surface area contributed by atoms with E-state index in [1.54, 1.807) is 38.1 Å². The van der Waals surface area contributed by atoms with Gasteiger partial charge < -0.3 is 14.2 Å². The molecule has 0 spiro atoms. The van der Waals surface area contributed by atoms with Crippen molar-refractivity contribution in [3.05, 3.63) is 84.0 Å². The summed E-state index contributed by atoms with van der Waals surface area (Å²) in [7, 11) is 0. The third kappa shape index (κ3) is 6.47. The minimum Gasteiger partial charge on any atom is -0.457 e. The first-order valence-corrected chi connectivity index (χ1v) is 8.36. The van der Waals surface area contributed by atoms with E-state index in [1.807, 2.05) is 24.3 Å².